The van der Waals surface area contributed by atoms with E-state index in [9.17, 15) is 18.4 Å². The molecule has 2 aliphatic heterocycles. The predicted octanol–water partition coefficient (Wildman–Crippen LogP) is 3.67. The van der Waals surface area contributed by atoms with Crippen molar-refractivity contribution in [2.24, 2.45) is 4.99 Å². The number of benzene rings is 1. The quantitative estimate of drug-likeness (QED) is 0.542. The van der Waals surface area contributed by atoms with Gasteiger partial charge in [0.05, 0.1) is 18.6 Å². The molecule has 29 heavy (non-hydrogen) atoms. The lowest BCUT2D eigenvalue weighted by Crippen LogP contribution is -2.32. The molecule has 1 aromatic carbocycles. The molecule has 1 atom stereocenters. The highest BCUT2D eigenvalue weighted by molar-refractivity contribution is 8.15. The number of hydrogen-bond donors (Lipinski definition) is 0. The van der Waals surface area contributed by atoms with E-state index in [1.165, 1.54) is 41.5 Å². The van der Waals surface area contributed by atoms with Gasteiger partial charge in [-0.15, -0.1) is 0 Å². The van der Waals surface area contributed by atoms with Crippen LogP contribution in [-0.4, -0.2) is 35.5 Å². The normalized spacial score (nSPS) is 20.5. The molecule has 150 valence electrons. The first-order chi connectivity index (χ1) is 14.0. The van der Waals surface area contributed by atoms with Gasteiger partial charge in [-0.3, -0.25) is 14.5 Å². The molecule has 2 aromatic rings. The molecule has 0 N–H and O–H groups in total. The van der Waals surface area contributed by atoms with Crippen LogP contribution in [0.1, 0.15) is 12.2 Å². The number of amidine groups is 1. The Kier molecular flexibility index (Phi) is 5.34. The van der Waals surface area contributed by atoms with Crippen molar-refractivity contribution in [3.05, 3.63) is 54.1 Å². The highest BCUT2D eigenvalue weighted by Crippen LogP contribution is 2.34. The zero-order valence-corrected chi connectivity index (χ0v) is 15.6. The minimum Gasteiger partial charge on any atom is -0.465 e. The molecule has 1 aromatic heterocycles. The van der Waals surface area contributed by atoms with Crippen molar-refractivity contribution in [2.45, 2.75) is 18.3 Å². The number of thioether (sulfide) groups is 1. The average molecular weight is 420 g/mol. The smallest absolute Gasteiger partial charge is 0.387 e. The Balaban J connectivity index is 1.65. The third-order valence-electron chi connectivity index (χ3n) is 4.11. The molecule has 2 aliphatic rings. The summed E-state index contributed by atoms with van der Waals surface area (Å²) in [6, 6.07) is 8.95. The van der Waals surface area contributed by atoms with Gasteiger partial charge in [-0.25, -0.2) is 4.99 Å². The molecule has 4 rings (SSSR count). The van der Waals surface area contributed by atoms with Crippen LogP contribution in [0.15, 0.2) is 57.8 Å². The third kappa shape index (κ3) is 4.16. The van der Waals surface area contributed by atoms with Crippen LogP contribution < -0.4 is 9.64 Å². The molecule has 10 heteroatoms. The molecule has 1 fully saturated rings. The summed E-state index contributed by atoms with van der Waals surface area (Å²) in [7, 11) is 0. The monoisotopic (exact) mass is 420 g/mol. The first-order valence-corrected chi connectivity index (χ1v) is 9.46. The topological polar surface area (TPSA) is 81.3 Å². The summed E-state index contributed by atoms with van der Waals surface area (Å²) in [6.07, 6.45) is 3.46. The van der Waals surface area contributed by atoms with E-state index in [2.05, 4.69) is 9.73 Å². The Morgan fingerprint density at radius 3 is 2.66 bits per heavy atom. The molecule has 0 radical (unpaired) electrons. The molecular weight excluding hydrogens is 406 g/mol. The number of ether oxygens (including phenoxy) is 2. The molecule has 0 unspecified atom stereocenters. The number of anilines is 1. The van der Waals surface area contributed by atoms with Crippen LogP contribution in [0.4, 0.5) is 14.5 Å². The Morgan fingerprint density at radius 2 is 2.03 bits per heavy atom. The molecule has 0 spiro atoms. The van der Waals surface area contributed by atoms with Gasteiger partial charge in [0.25, 0.3) is 5.91 Å². The number of carbonyl (C=O) groups is 2. The van der Waals surface area contributed by atoms with Gasteiger partial charge in [0, 0.05) is 12.5 Å². The van der Waals surface area contributed by atoms with E-state index in [0.29, 0.717) is 29.6 Å². The first-order valence-electron chi connectivity index (χ1n) is 8.58. The number of rotatable bonds is 5. The number of halogens is 2. The molecule has 0 aliphatic carbocycles. The second-order valence-electron chi connectivity index (χ2n) is 6.02. The highest BCUT2D eigenvalue weighted by Gasteiger charge is 2.37. The van der Waals surface area contributed by atoms with E-state index in [1.807, 2.05) is 0 Å². The van der Waals surface area contributed by atoms with E-state index in [1.54, 1.807) is 12.1 Å². The average Bonchev–Trinajstić information content (AvgIpc) is 3.40. The number of nitrogens with zero attached hydrogens (tertiary/aromatic N) is 2. The van der Waals surface area contributed by atoms with Gasteiger partial charge in [-0.2, -0.15) is 8.78 Å². The summed E-state index contributed by atoms with van der Waals surface area (Å²) in [5, 5.41) is -0.187. The van der Waals surface area contributed by atoms with E-state index in [-0.39, 0.29) is 17.4 Å². The maximum atomic E-state index is 13.0. The van der Waals surface area contributed by atoms with Crippen LogP contribution in [0, 0.1) is 0 Å². The minimum atomic E-state index is -2.95. The molecule has 0 bridgehead atoms. The Morgan fingerprint density at radius 1 is 1.24 bits per heavy atom. The number of furan rings is 1. The lowest BCUT2D eigenvalue weighted by molar-refractivity contribution is -0.137. The number of alkyl halides is 2. The van der Waals surface area contributed by atoms with Crippen LogP contribution in [0.25, 0.3) is 6.08 Å². The zero-order valence-electron chi connectivity index (χ0n) is 14.8. The van der Waals surface area contributed by atoms with E-state index < -0.39 is 17.8 Å². The highest BCUT2D eigenvalue weighted by atomic mass is 32.2. The van der Waals surface area contributed by atoms with Crippen LogP contribution in [0.3, 0.4) is 0 Å². The molecular formula is C19H14F2N2O5S. The van der Waals surface area contributed by atoms with Crippen LogP contribution in [0.2, 0.25) is 0 Å². The standard InChI is InChI=1S/C19H14F2N2O5S/c20-18(21)28-12-5-3-11(4-6-12)23-16(24)14(10-13-2-1-8-26-13)22-19(23)29-15-7-9-27-17(15)25/h1-6,8,10,15,18H,7,9H2/b14-10+/t15-/m0/s1. The second kappa shape index (κ2) is 8.08. The minimum absolute atomic E-state index is 0.0349. The van der Waals surface area contributed by atoms with Gasteiger partial charge < -0.3 is 13.9 Å². The van der Waals surface area contributed by atoms with Gasteiger partial charge in [0.2, 0.25) is 0 Å². The summed E-state index contributed by atoms with van der Waals surface area (Å²) in [5.41, 5.74) is 0.527. The van der Waals surface area contributed by atoms with Crippen LogP contribution in [-0.2, 0) is 14.3 Å². The molecule has 7 nitrogen and oxygen atoms in total. The molecule has 3 heterocycles. The first kappa shape index (κ1) is 19.2. The summed E-state index contributed by atoms with van der Waals surface area (Å²) in [5.74, 6) is -0.386. The number of carbonyl (C=O) groups excluding carboxylic acids is 2. The predicted molar refractivity (Wildman–Crippen MR) is 102 cm³/mol. The van der Waals surface area contributed by atoms with Crippen molar-refractivity contribution < 1.29 is 32.3 Å². The molecule has 1 amide bonds. The number of aliphatic imine (C=N–C) groups is 1. The largest absolute Gasteiger partial charge is 0.465 e. The van der Waals surface area contributed by atoms with E-state index in [4.69, 9.17) is 9.15 Å². The molecule has 0 saturated carbocycles. The number of amides is 1. The van der Waals surface area contributed by atoms with Crippen molar-refractivity contribution in [2.75, 3.05) is 11.5 Å². The summed E-state index contributed by atoms with van der Waals surface area (Å²) < 4.78 is 39.3. The number of cyclic esters (lactones) is 1. The fourth-order valence-corrected chi connectivity index (χ4v) is 3.88. The lowest BCUT2D eigenvalue weighted by Gasteiger charge is -2.19. The van der Waals surface area contributed by atoms with Crippen LogP contribution in [0.5, 0.6) is 5.75 Å². The van der Waals surface area contributed by atoms with Crippen molar-refractivity contribution in [1.82, 2.24) is 0 Å². The second-order valence-corrected chi connectivity index (χ2v) is 7.18. The fourth-order valence-electron chi connectivity index (χ4n) is 2.80. The van der Waals surface area contributed by atoms with Gasteiger partial charge in [0.15, 0.2) is 5.17 Å². The SMILES string of the molecule is O=C1OCC[C@@H]1SC1=N/C(=C/c2ccco2)C(=O)N1c1ccc(OC(F)F)cc1. The number of esters is 1. The van der Waals surface area contributed by atoms with Gasteiger partial charge in [-0.1, -0.05) is 11.8 Å². The Labute approximate surface area is 168 Å². The van der Waals surface area contributed by atoms with Crippen molar-refractivity contribution in [3.63, 3.8) is 0 Å². The zero-order chi connectivity index (χ0) is 20.4. The van der Waals surface area contributed by atoms with Crippen molar-refractivity contribution in [3.8, 4) is 5.75 Å². The van der Waals surface area contributed by atoms with E-state index >= 15 is 0 Å². The van der Waals surface area contributed by atoms with E-state index in [0.717, 1.165) is 11.8 Å². The summed E-state index contributed by atoms with van der Waals surface area (Å²) in [4.78, 5) is 30.5. The van der Waals surface area contributed by atoms with Gasteiger partial charge in [-0.05, 0) is 36.4 Å². The Hall–Kier alpha value is -3.14. The maximum Gasteiger partial charge on any atom is 0.387 e. The third-order valence-corrected chi connectivity index (χ3v) is 5.30. The molecule has 1 saturated heterocycles. The van der Waals surface area contributed by atoms with Gasteiger partial charge in [0.1, 0.15) is 22.5 Å². The lowest BCUT2D eigenvalue weighted by atomic mass is 10.2. The Bertz CT molecular complexity index is 973. The maximum absolute atomic E-state index is 13.0. The summed E-state index contributed by atoms with van der Waals surface area (Å²) >= 11 is 1.12. The summed E-state index contributed by atoms with van der Waals surface area (Å²) in [6.45, 7) is -2.63. The fraction of sp³-hybridized carbons (Fsp3) is 0.211. The van der Waals surface area contributed by atoms with Crippen LogP contribution >= 0.6 is 11.8 Å². The van der Waals surface area contributed by atoms with Crippen molar-refractivity contribution >= 4 is 40.6 Å². The number of hydrogen-bond acceptors (Lipinski definition) is 7. The van der Waals surface area contributed by atoms with Gasteiger partial charge >= 0.3 is 12.6 Å². The van der Waals surface area contributed by atoms with Crippen molar-refractivity contribution in [1.29, 1.82) is 0 Å².